The Morgan fingerprint density at radius 1 is 1.40 bits per heavy atom. The van der Waals surface area contributed by atoms with E-state index < -0.39 is 0 Å². The Bertz CT molecular complexity index is 119. The first-order chi connectivity index (χ1) is 4.23. The SMILES string of the molecule is C=C([CH2-])C.[Pd+2].c1cc[cH-]c1. The molecule has 0 aliphatic carbocycles. The summed E-state index contributed by atoms with van der Waals surface area (Å²) in [5.74, 6) is 0. The first-order valence-electron chi connectivity index (χ1n) is 2.87. The number of hydrogen-bond acceptors (Lipinski definition) is 0. The molecule has 58 valence electrons. The molecule has 1 rings (SSSR count). The van der Waals surface area contributed by atoms with Gasteiger partial charge in [-0.3, -0.25) is 0 Å². The molecule has 0 fully saturated rings. The zero-order valence-corrected chi connectivity index (χ0v) is 7.67. The average molecular weight is 227 g/mol. The topological polar surface area (TPSA) is 0 Å². The van der Waals surface area contributed by atoms with Gasteiger partial charge in [0.15, 0.2) is 0 Å². The van der Waals surface area contributed by atoms with Gasteiger partial charge in [-0.25, -0.2) is 31.2 Å². The van der Waals surface area contributed by atoms with E-state index in [-0.39, 0.29) is 20.4 Å². The fourth-order valence-electron chi connectivity index (χ4n) is 0.321. The summed E-state index contributed by atoms with van der Waals surface area (Å²) in [6.45, 7) is 8.75. The fourth-order valence-corrected chi connectivity index (χ4v) is 0.321. The van der Waals surface area contributed by atoms with Crippen LogP contribution in [0.4, 0.5) is 0 Å². The van der Waals surface area contributed by atoms with E-state index in [1.54, 1.807) is 0 Å². The molecule has 0 nitrogen and oxygen atoms in total. The summed E-state index contributed by atoms with van der Waals surface area (Å²) in [5, 5.41) is 0. The number of allylic oxidation sites excluding steroid dienone is 1. The maximum atomic E-state index is 3.44. The van der Waals surface area contributed by atoms with Crippen molar-refractivity contribution in [2.24, 2.45) is 0 Å². The third-order valence-electron chi connectivity index (χ3n) is 0.556. The summed E-state index contributed by atoms with van der Waals surface area (Å²) >= 11 is 0. The normalized spacial score (nSPS) is 6.50. The average Bonchev–Trinajstić information content (AvgIpc) is 2.11. The van der Waals surface area contributed by atoms with Crippen molar-refractivity contribution in [1.29, 1.82) is 0 Å². The van der Waals surface area contributed by atoms with Crippen molar-refractivity contribution in [2.75, 3.05) is 0 Å². The van der Waals surface area contributed by atoms with E-state index in [1.807, 2.05) is 37.3 Å². The van der Waals surface area contributed by atoms with Crippen LogP contribution >= 0.6 is 0 Å². The van der Waals surface area contributed by atoms with Gasteiger partial charge in [0.2, 0.25) is 0 Å². The molecule has 0 aliphatic rings. The number of hydrogen-bond donors (Lipinski definition) is 0. The molecule has 0 unspecified atom stereocenters. The van der Waals surface area contributed by atoms with Crippen LogP contribution in [0.5, 0.6) is 0 Å². The van der Waals surface area contributed by atoms with Crippen LogP contribution < -0.4 is 0 Å². The van der Waals surface area contributed by atoms with E-state index in [4.69, 9.17) is 0 Å². The molecule has 0 spiro atoms. The van der Waals surface area contributed by atoms with Crippen molar-refractivity contribution in [2.45, 2.75) is 6.92 Å². The molecule has 0 aliphatic heterocycles. The molecule has 0 bridgehead atoms. The molecular formula is C9H12Pd. The molecule has 0 aromatic heterocycles. The quantitative estimate of drug-likeness (QED) is 0.471. The summed E-state index contributed by atoms with van der Waals surface area (Å²) in [4.78, 5) is 0. The van der Waals surface area contributed by atoms with Crippen LogP contribution in [-0.2, 0) is 20.4 Å². The Balaban J connectivity index is 0. The van der Waals surface area contributed by atoms with E-state index >= 15 is 0 Å². The third kappa shape index (κ3) is 15.6. The summed E-state index contributed by atoms with van der Waals surface area (Å²) in [7, 11) is 0. The maximum absolute atomic E-state index is 3.44. The molecular weight excluding hydrogens is 215 g/mol. The minimum absolute atomic E-state index is 0. The first kappa shape index (κ1) is 12.3. The summed E-state index contributed by atoms with van der Waals surface area (Å²) in [6.07, 6.45) is 0. The van der Waals surface area contributed by atoms with E-state index in [2.05, 4.69) is 13.5 Å². The second-order valence-corrected chi connectivity index (χ2v) is 1.92. The van der Waals surface area contributed by atoms with Crippen molar-refractivity contribution in [3.8, 4) is 0 Å². The van der Waals surface area contributed by atoms with Crippen molar-refractivity contribution in [1.82, 2.24) is 0 Å². The van der Waals surface area contributed by atoms with E-state index in [0.29, 0.717) is 0 Å². The van der Waals surface area contributed by atoms with Gasteiger partial charge in [0, 0.05) is 0 Å². The summed E-state index contributed by atoms with van der Waals surface area (Å²) in [6, 6.07) is 10.0. The summed E-state index contributed by atoms with van der Waals surface area (Å²) < 4.78 is 0. The zero-order valence-electron chi connectivity index (χ0n) is 6.12. The summed E-state index contributed by atoms with van der Waals surface area (Å²) in [5.41, 5.74) is 0.917. The first-order valence-corrected chi connectivity index (χ1v) is 2.87. The number of rotatable bonds is 0. The van der Waals surface area contributed by atoms with Crippen molar-refractivity contribution >= 4 is 0 Å². The standard InChI is InChI=1S/C5H5.C4H7.Pd/c1-2-4-5-3-1;1-4(2)3;/h1-5H;1-2H2,3H3;/q2*-1;+2. The minimum atomic E-state index is 0. The monoisotopic (exact) mass is 226 g/mol. The van der Waals surface area contributed by atoms with Gasteiger partial charge < -0.3 is 0 Å². The van der Waals surface area contributed by atoms with Gasteiger partial charge in [-0.15, -0.1) is 0 Å². The smallest absolute Gasteiger partial charge is 0.242 e. The van der Waals surface area contributed by atoms with Crippen molar-refractivity contribution in [3.63, 3.8) is 0 Å². The fraction of sp³-hybridized carbons (Fsp3) is 0.111. The molecule has 0 saturated heterocycles. The van der Waals surface area contributed by atoms with Gasteiger partial charge in [0.05, 0.1) is 0 Å². The molecule has 0 atom stereocenters. The van der Waals surface area contributed by atoms with Gasteiger partial charge in [0.25, 0.3) is 0 Å². The Labute approximate surface area is 77.0 Å². The van der Waals surface area contributed by atoms with Gasteiger partial charge in [-0.2, -0.15) is 18.2 Å². The largest absolute Gasteiger partial charge is 2.00 e. The van der Waals surface area contributed by atoms with Crippen LogP contribution in [0.25, 0.3) is 0 Å². The molecule has 1 aromatic rings. The molecule has 0 saturated carbocycles. The van der Waals surface area contributed by atoms with Crippen molar-refractivity contribution in [3.05, 3.63) is 49.4 Å². The Morgan fingerprint density at radius 2 is 1.70 bits per heavy atom. The van der Waals surface area contributed by atoms with Crippen LogP contribution in [0.15, 0.2) is 42.5 Å². The molecule has 0 amide bonds. The Kier molecular flexibility index (Phi) is 10.6. The molecule has 0 radical (unpaired) electrons. The third-order valence-corrected chi connectivity index (χ3v) is 0.556. The van der Waals surface area contributed by atoms with E-state index in [0.717, 1.165) is 5.57 Å². The van der Waals surface area contributed by atoms with E-state index in [9.17, 15) is 0 Å². The van der Waals surface area contributed by atoms with Gasteiger partial charge >= 0.3 is 20.4 Å². The predicted octanol–water partition coefficient (Wildman–Crippen LogP) is 2.80. The Hall–Kier alpha value is -0.378. The zero-order chi connectivity index (χ0) is 7.11. The Morgan fingerprint density at radius 3 is 1.80 bits per heavy atom. The predicted molar refractivity (Wildman–Crippen MR) is 42.2 cm³/mol. The molecule has 1 aromatic carbocycles. The van der Waals surface area contributed by atoms with Gasteiger partial charge in [-0.1, -0.05) is 6.92 Å². The van der Waals surface area contributed by atoms with Crippen LogP contribution in [0.1, 0.15) is 6.92 Å². The van der Waals surface area contributed by atoms with Gasteiger partial charge in [-0.05, 0) is 0 Å². The van der Waals surface area contributed by atoms with Gasteiger partial charge in [0.1, 0.15) is 0 Å². The van der Waals surface area contributed by atoms with E-state index in [1.165, 1.54) is 0 Å². The molecule has 1 heteroatoms. The van der Waals surface area contributed by atoms with Crippen LogP contribution in [0.2, 0.25) is 0 Å². The second-order valence-electron chi connectivity index (χ2n) is 1.92. The second kappa shape index (κ2) is 8.62. The molecule has 10 heavy (non-hydrogen) atoms. The maximum Gasteiger partial charge on any atom is 2.00 e. The van der Waals surface area contributed by atoms with Crippen molar-refractivity contribution < 1.29 is 20.4 Å². The van der Waals surface area contributed by atoms with Crippen LogP contribution in [0, 0.1) is 6.92 Å². The molecule has 0 N–H and O–H groups in total. The molecule has 0 heterocycles. The van der Waals surface area contributed by atoms with Crippen LogP contribution in [-0.4, -0.2) is 0 Å². The minimum Gasteiger partial charge on any atom is -0.242 e. The van der Waals surface area contributed by atoms with Crippen LogP contribution in [0.3, 0.4) is 0 Å².